The molecule has 1 aliphatic carbocycles. The van der Waals surface area contributed by atoms with E-state index in [-0.39, 0.29) is 23.4 Å². The van der Waals surface area contributed by atoms with E-state index in [1.54, 1.807) is 0 Å². The largest absolute Gasteiger partial charge is 0.330 e. The third-order valence-electron chi connectivity index (χ3n) is 2.69. The molecule has 1 saturated carbocycles. The van der Waals surface area contributed by atoms with Crippen molar-refractivity contribution >= 4 is 22.2 Å². The maximum Gasteiger partial charge on any atom is 0.153 e. The molecule has 86 valence electrons. The Bertz CT molecular complexity index is 235. The Labute approximate surface area is 92.8 Å². The minimum atomic E-state index is -2.83. The molecule has 0 atom stereocenters. The number of hydrogen-bond donors (Lipinski definition) is 1. The van der Waals surface area contributed by atoms with Crippen LogP contribution in [0.2, 0.25) is 0 Å². The van der Waals surface area contributed by atoms with Gasteiger partial charge < -0.3 is 5.73 Å². The van der Waals surface area contributed by atoms with Crippen LogP contribution in [-0.4, -0.2) is 26.0 Å². The second-order valence-electron chi connectivity index (χ2n) is 3.77. The molecule has 2 N–H and O–H groups in total. The lowest BCUT2D eigenvalue weighted by atomic mass is 10.0. The van der Waals surface area contributed by atoms with Crippen molar-refractivity contribution in [3.8, 4) is 0 Å². The Morgan fingerprint density at radius 2 is 1.71 bits per heavy atom. The zero-order chi connectivity index (χ0) is 9.73. The van der Waals surface area contributed by atoms with Crippen molar-refractivity contribution in [2.45, 2.75) is 43.8 Å². The molecule has 1 rings (SSSR count). The Kier molecular flexibility index (Phi) is 6.74. The average molecular weight is 242 g/mol. The van der Waals surface area contributed by atoms with E-state index < -0.39 is 9.84 Å². The van der Waals surface area contributed by atoms with E-state index >= 15 is 0 Å². The van der Waals surface area contributed by atoms with Gasteiger partial charge in [0, 0.05) is 0 Å². The quantitative estimate of drug-likeness (QED) is 0.812. The molecular weight excluding hydrogens is 222 g/mol. The van der Waals surface area contributed by atoms with Gasteiger partial charge in [0.25, 0.3) is 0 Å². The summed E-state index contributed by atoms with van der Waals surface area (Å²) in [6, 6.07) is 0. The summed E-state index contributed by atoms with van der Waals surface area (Å²) < 4.78 is 23.4. The van der Waals surface area contributed by atoms with E-state index in [2.05, 4.69) is 0 Å². The Morgan fingerprint density at radius 3 is 2.21 bits per heavy atom. The zero-order valence-corrected chi connectivity index (χ0v) is 10.1. The summed E-state index contributed by atoms with van der Waals surface area (Å²) in [5, 5.41) is -0.0622. The standard InChI is InChI=1S/C9H19NO2S.ClH/c10-7-4-8-13(11,12)9-5-2-1-3-6-9;/h9H,1-8,10H2;1H. The predicted molar refractivity (Wildman–Crippen MR) is 61.6 cm³/mol. The van der Waals surface area contributed by atoms with Gasteiger partial charge in [-0.1, -0.05) is 19.3 Å². The van der Waals surface area contributed by atoms with E-state index in [1.807, 2.05) is 0 Å². The molecule has 0 aromatic heterocycles. The Morgan fingerprint density at radius 1 is 1.14 bits per heavy atom. The van der Waals surface area contributed by atoms with Gasteiger partial charge in [-0.2, -0.15) is 0 Å². The summed E-state index contributed by atoms with van der Waals surface area (Å²) in [5.41, 5.74) is 5.30. The van der Waals surface area contributed by atoms with Crippen molar-refractivity contribution in [1.82, 2.24) is 0 Å². The van der Waals surface area contributed by atoms with Crippen LogP contribution in [0.25, 0.3) is 0 Å². The van der Waals surface area contributed by atoms with Crippen molar-refractivity contribution in [2.75, 3.05) is 12.3 Å². The van der Waals surface area contributed by atoms with Gasteiger partial charge in [0.1, 0.15) is 0 Å². The highest BCUT2D eigenvalue weighted by molar-refractivity contribution is 7.92. The maximum absolute atomic E-state index is 11.7. The van der Waals surface area contributed by atoms with Crippen molar-refractivity contribution in [2.24, 2.45) is 5.73 Å². The van der Waals surface area contributed by atoms with Crippen LogP contribution in [0.4, 0.5) is 0 Å². The van der Waals surface area contributed by atoms with Gasteiger partial charge in [0.15, 0.2) is 9.84 Å². The molecule has 14 heavy (non-hydrogen) atoms. The van der Waals surface area contributed by atoms with E-state index in [0.717, 1.165) is 25.7 Å². The summed E-state index contributed by atoms with van der Waals surface area (Å²) >= 11 is 0. The normalized spacial score (nSPS) is 18.9. The molecule has 1 fully saturated rings. The molecule has 0 unspecified atom stereocenters. The maximum atomic E-state index is 11.7. The third kappa shape index (κ3) is 4.15. The number of halogens is 1. The summed E-state index contributed by atoms with van der Waals surface area (Å²) in [6.45, 7) is 0.478. The van der Waals surface area contributed by atoms with Crippen LogP contribution in [0, 0.1) is 0 Å². The molecule has 0 radical (unpaired) electrons. The van der Waals surface area contributed by atoms with Crippen molar-refractivity contribution in [3.05, 3.63) is 0 Å². The van der Waals surface area contributed by atoms with Gasteiger partial charge in [-0.05, 0) is 25.8 Å². The van der Waals surface area contributed by atoms with Crippen LogP contribution >= 0.6 is 12.4 Å². The second kappa shape index (κ2) is 6.64. The van der Waals surface area contributed by atoms with Gasteiger partial charge in [0.05, 0.1) is 11.0 Å². The first kappa shape index (κ1) is 14.2. The van der Waals surface area contributed by atoms with Gasteiger partial charge in [-0.15, -0.1) is 12.4 Å². The molecule has 0 heterocycles. The topological polar surface area (TPSA) is 60.2 Å². The molecular formula is C9H20ClNO2S. The molecule has 0 saturated heterocycles. The van der Waals surface area contributed by atoms with E-state index in [4.69, 9.17) is 5.73 Å². The number of hydrogen-bond acceptors (Lipinski definition) is 3. The van der Waals surface area contributed by atoms with E-state index in [1.165, 1.54) is 6.42 Å². The molecule has 0 aliphatic heterocycles. The molecule has 5 heteroatoms. The van der Waals surface area contributed by atoms with Crippen LogP contribution in [-0.2, 0) is 9.84 Å². The SMILES string of the molecule is Cl.NCCCS(=O)(=O)C1CCCCC1. The summed E-state index contributed by atoms with van der Waals surface area (Å²) in [7, 11) is -2.83. The lowest BCUT2D eigenvalue weighted by Gasteiger charge is -2.21. The molecule has 3 nitrogen and oxygen atoms in total. The van der Waals surface area contributed by atoms with E-state index in [9.17, 15) is 8.42 Å². The minimum absolute atomic E-state index is 0. The molecule has 1 aliphatic rings. The molecule has 0 bridgehead atoms. The van der Waals surface area contributed by atoms with Crippen molar-refractivity contribution < 1.29 is 8.42 Å². The highest BCUT2D eigenvalue weighted by atomic mass is 35.5. The molecule has 0 aromatic carbocycles. The van der Waals surface area contributed by atoms with Crippen LogP contribution < -0.4 is 5.73 Å². The lowest BCUT2D eigenvalue weighted by Crippen LogP contribution is -2.27. The predicted octanol–water partition coefficient (Wildman–Crippen LogP) is 1.50. The smallest absolute Gasteiger partial charge is 0.153 e. The highest BCUT2D eigenvalue weighted by Gasteiger charge is 2.26. The minimum Gasteiger partial charge on any atom is -0.330 e. The van der Waals surface area contributed by atoms with Crippen LogP contribution in [0.1, 0.15) is 38.5 Å². The second-order valence-corrected chi connectivity index (χ2v) is 6.17. The van der Waals surface area contributed by atoms with Crippen LogP contribution in [0.3, 0.4) is 0 Å². The number of sulfone groups is 1. The first-order valence-corrected chi connectivity index (χ1v) is 6.80. The fourth-order valence-electron chi connectivity index (χ4n) is 1.88. The van der Waals surface area contributed by atoms with Gasteiger partial charge in [-0.3, -0.25) is 0 Å². The number of rotatable bonds is 4. The monoisotopic (exact) mass is 241 g/mol. The Balaban J connectivity index is 0.00000169. The van der Waals surface area contributed by atoms with Crippen molar-refractivity contribution in [3.63, 3.8) is 0 Å². The first-order chi connectivity index (χ1) is 6.17. The summed E-state index contributed by atoms with van der Waals surface area (Å²) in [6.07, 6.45) is 5.70. The van der Waals surface area contributed by atoms with Gasteiger partial charge in [0.2, 0.25) is 0 Å². The number of nitrogens with two attached hydrogens (primary N) is 1. The summed E-state index contributed by atoms with van der Waals surface area (Å²) in [5.74, 6) is 0.286. The molecule has 0 amide bonds. The van der Waals surface area contributed by atoms with Gasteiger partial charge >= 0.3 is 0 Å². The van der Waals surface area contributed by atoms with Gasteiger partial charge in [-0.25, -0.2) is 8.42 Å². The zero-order valence-electron chi connectivity index (χ0n) is 8.44. The first-order valence-electron chi connectivity index (χ1n) is 5.08. The Hall–Kier alpha value is 0.200. The van der Waals surface area contributed by atoms with Crippen molar-refractivity contribution in [1.29, 1.82) is 0 Å². The average Bonchev–Trinajstić information content (AvgIpc) is 2.16. The fraction of sp³-hybridized carbons (Fsp3) is 1.00. The highest BCUT2D eigenvalue weighted by Crippen LogP contribution is 2.24. The summed E-state index contributed by atoms with van der Waals surface area (Å²) in [4.78, 5) is 0. The van der Waals surface area contributed by atoms with Crippen LogP contribution in [0.15, 0.2) is 0 Å². The van der Waals surface area contributed by atoms with E-state index in [0.29, 0.717) is 13.0 Å². The lowest BCUT2D eigenvalue weighted by molar-refractivity contribution is 0.483. The molecule has 0 spiro atoms. The third-order valence-corrected chi connectivity index (χ3v) is 5.04. The fourth-order valence-corrected chi connectivity index (χ4v) is 3.83. The van der Waals surface area contributed by atoms with Crippen LogP contribution in [0.5, 0.6) is 0 Å². The molecule has 0 aromatic rings.